The summed E-state index contributed by atoms with van der Waals surface area (Å²) in [6.07, 6.45) is 8.13. The number of nitrogen functional groups attached to an aromatic ring is 1. The number of hydrogen-bond acceptors (Lipinski definition) is 10. The molecule has 1 saturated carbocycles. The Kier molecular flexibility index (Phi) is 7.58. The largest absolute Gasteiger partial charge is 0.499 e. The molecule has 1 aliphatic carbocycles. The molecular formula is C22H34N6O6P+. The average Bonchev–Trinajstić information content (AvgIpc) is 3.32. The lowest BCUT2D eigenvalue weighted by atomic mass is 9.99. The van der Waals surface area contributed by atoms with Crippen molar-refractivity contribution < 1.29 is 23.5 Å². The lowest BCUT2D eigenvalue weighted by Gasteiger charge is -2.27. The van der Waals surface area contributed by atoms with Crippen LogP contribution in [0.25, 0.3) is 17.4 Å². The highest BCUT2D eigenvalue weighted by atomic mass is 31.2. The first kappa shape index (κ1) is 25.7. The molecule has 0 unspecified atom stereocenters. The number of fused-ring (bicyclic) bond motifs is 1. The molecule has 0 aromatic carbocycles. The lowest BCUT2D eigenvalue weighted by molar-refractivity contribution is -0.147. The van der Waals surface area contributed by atoms with Gasteiger partial charge in [0.25, 0.3) is 5.56 Å². The van der Waals surface area contributed by atoms with Crippen molar-refractivity contribution in [2.45, 2.75) is 58.9 Å². The Morgan fingerprint density at radius 1 is 1.40 bits per heavy atom. The number of imidazole rings is 1. The second kappa shape index (κ2) is 10.3. The zero-order chi connectivity index (χ0) is 25.2. The Morgan fingerprint density at radius 2 is 2.09 bits per heavy atom. The number of esters is 1. The normalized spacial score (nSPS) is 26.0. The number of aromatic amines is 1. The third-order valence-electron chi connectivity index (χ3n) is 6.43. The van der Waals surface area contributed by atoms with Gasteiger partial charge in [0.15, 0.2) is 11.2 Å². The van der Waals surface area contributed by atoms with Crippen molar-refractivity contribution in [2.75, 3.05) is 25.6 Å². The first-order valence-electron chi connectivity index (χ1n) is 12.0. The van der Waals surface area contributed by atoms with Gasteiger partial charge in [-0.3, -0.25) is 19.1 Å². The van der Waals surface area contributed by atoms with E-state index < -0.39 is 25.7 Å². The van der Waals surface area contributed by atoms with Gasteiger partial charge in [0.05, 0.1) is 12.0 Å². The van der Waals surface area contributed by atoms with Crippen LogP contribution in [0.15, 0.2) is 16.7 Å². The van der Waals surface area contributed by atoms with Gasteiger partial charge in [-0.25, -0.2) is 4.98 Å². The van der Waals surface area contributed by atoms with Crippen molar-refractivity contribution in [1.82, 2.24) is 24.6 Å². The summed E-state index contributed by atoms with van der Waals surface area (Å²) in [4.78, 5) is 45.9. The van der Waals surface area contributed by atoms with Gasteiger partial charge >= 0.3 is 14.1 Å². The molecule has 2 aromatic heterocycles. The number of carbonyl (C=O) groups is 1. The Hall–Kier alpha value is -2.37. The number of ether oxygens (including phenoxy) is 1. The Labute approximate surface area is 203 Å². The van der Waals surface area contributed by atoms with Crippen LogP contribution >= 0.6 is 8.09 Å². The molecule has 1 aliphatic heterocycles. The number of aromatic nitrogens is 4. The fourth-order valence-electron chi connectivity index (χ4n) is 4.32. The van der Waals surface area contributed by atoms with Gasteiger partial charge < -0.3 is 10.5 Å². The number of nitrogens with two attached hydrogens (primary N) is 1. The quantitative estimate of drug-likeness (QED) is 0.276. The molecule has 13 heteroatoms. The number of carbonyl (C=O) groups excluding carboxylic acids is 1. The lowest BCUT2D eigenvalue weighted by Crippen LogP contribution is -2.40. The fraction of sp³-hybridized carbons (Fsp3) is 0.636. The van der Waals surface area contributed by atoms with E-state index >= 15 is 0 Å². The van der Waals surface area contributed by atoms with Crippen LogP contribution in [0.1, 0.15) is 52.9 Å². The van der Waals surface area contributed by atoms with Crippen molar-refractivity contribution >= 4 is 37.4 Å². The molecule has 12 nitrogen and oxygen atoms in total. The van der Waals surface area contributed by atoms with Crippen molar-refractivity contribution in [3.05, 3.63) is 22.3 Å². The molecule has 2 fully saturated rings. The average molecular weight is 510 g/mol. The third kappa shape index (κ3) is 5.73. The number of hydrogen-bond donors (Lipinski definition) is 4. The topological polar surface area (TPSA) is 167 Å². The summed E-state index contributed by atoms with van der Waals surface area (Å²) >= 11 is 0. The summed E-state index contributed by atoms with van der Waals surface area (Å²) in [5.74, 6) is -0.0834. The maximum Gasteiger partial charge on any atom is 0.499 e. The highest BCUT2D eigenvalue weighted by Gasteiger charge is 2.61. The maximum atomic E-state index is 12.5. The second-order valence-electron chi connectivity index (χ2n) is 9.38. The molecular weight excluding hydrogens is 475 g/mol. The Morgan fingerprint density at radius 3 is 2.74 bits per heavy atom. The minimum absolute atomic E-state index is 0.0114. The smallest absolute Gasteiger partial charge is 0.464 e. The van der Waals surface area contributed by atoms with E-state index in [1.165, 1.54) is 6.33 Å². The molecule has 1 atom stereocenters. The molecule has 3 heterocycles. The standard InChI is InChI=1S/C22H33N6O6P/c1-4-6-15(7-5-2)10-32-20(30)14(3)27-35(31)33-11-22(12-34-35)8-16(22)9-28-13-24-17-18(28)25-21(23)26-19(17)29/h9,13-15,27,31H,4-8,10-12H2,1-3H3,(H2-,23,25,26,29)/p+1/b16-9-/t14-,22?,35?/m0/s1. The van der Waals surface area contributed by atoms with Crippen molar-refractivity contribution in [2.24, 2.45) is 11.3 Å². The first-order valence-corrected chi connectivity index (χ1v) is 13.5. The van der Waals surface area contributed by atoms with Crippen LogP contribution in [0, 0.1) is 11.3 Å². The van der Waals surface area contributed by atoms with E-state index in [0.29, 0.717) is 24.6 Å². The van der Waals surface area contributed by atoms with Crippen molar-refractivity contribution in [3.63, 3.8) is 0 Å². The molecule has 4 rings (SSSR count). The van der Waals surface area contributed by atoms with E-state index in [4.69, 9.17) is 19.5 Å². The second-order valence-corrected chi connectivity index (χ2v) is 11.2. The number of anilines is 1. The van der Waals surface area contributed by atoms with E-state index in [2.05, 4.69) is 33.9 Å². The van der Waals surface area contributed by atoms with E-state index in [0.717, 1.165) is 31.3 Å². The molecule has 2 aliphatic rings. The van der Waals surface area contributed by atoms with Gasteiger partial charge in [0.1, 0.15) is 25.6 Å². The zero-order valence-corrected chi connectivity index (χ0v) is 21.2. The molecule has 1 saturated heterocycles. The van der Waals surface area contributed by atoms with Crippen LogP contribution in [0.2, 0.25) is 0 Å². The van der Waals surface area contributed by atoms with E-state index in [1.54, 1.807) is 11.5 Å². The van der Waals surface area contributed by atoms with Gasteiger partial charge in [-0.15, -0.1) is 5.09 Å². The number of nitrogens with zero attached hydrogens (tertiary/aromatic N) is 3. The van der Waals surface area contributed by atoms with Crippen LogP contribution in [0.4, 0.5) is 5.95 Å². The van der Waals surface area contributed by atoms with Crippen LogP contribution in [0.3, 0.4) is 0 Å². The maximum absolute atomic E-state index is 12.5. The molecule has 35 heavy (non-hydrogen) atoms. The molecule has 2 aromatic rings. The summed E-state index contributed by atoms with van der Waals surface area (Å²) in [6, 6.07) is -0.771. The van der Waals surface area contributed by atoms with E-state index in [-0.39, 0.29) is 30.1 Å². The Balaban J connectivity index is 1.32. The summed E-state index contributed by atoms with van der Waals surface area (Å²) in [5, 5.41) is 2.80. The van der Waals surface area contributed by atoms with Gasteiger partial charge in [0.2, 0.25) is 5.95 Å². The number of H-pyrrole nitrogens is 1. The SMILES string of the molecule is CCCC(CCC)COC(=O)[C@H](C)N[P+]1(O)OCC2(CO1)C/C2=C/n1cnc2c(=O)[nH]c(N)nc21. The van der Waals surface area contributed by atoms with E-state index in [9.17, 15) is 14.5 Å². The number of rotatable bonds is 10. The molecule has 1 spiro atoms. The van der Waals surface area contributed by atoms with Crippen LogP contribution in [-0.4, -0.2) is 56.2 Å². The summed E-state index contributed by atoms with van der Waals surface area (Å²) < 4.78 is 18.5. The fourth-order valence-corrected chi connectivity index (χ4v) is 5.98. The Bertz CT molecular complexity index is 1150. The summed E-state index contributed by atoms with van der Waals surface area (Å²) in [5.41, 5.74) is 6.43. The molecule has 0 amide bonds. The highest BCUT2D eigenvalue weighted by Crippen LogP contribution is 2.65. The predicted molar refractivity (Wildman–Crippen MR) is 132 cm³/mol. The summed E-state index contributed by atoms with van der Waals surface area (Å²) in [7, 11) is -3.41. The highest BCUT2D eigenvalue weighted by molar-refractivity contribution is 7.58. The third-order valence-corrected chi connectivity index (χ3v) is 8.10. The predicted octanol–water partition coefficient (Wildman–Crippen LogP) is 2.39. The minimum Gasteiger partial charge on any atom is -0.464 e. The molecule has 0 radical (unpaired) electrons. The van der Waals surface area contributed by atoms with Crippen LogP contribution < -0.4 is 16.4 Å². The van der Waals surface area contributed by atoms with Gasteiger partial charge in [-0.2, -0.15) is 18.9 Å². The van der Waals surface area contributed by atoms with Crippen LogP contribution in [-0.2, 0) is 18.6 Å². The number of nitrogens with one attached hydrogen (secondary N) is 2. The van der Waals surface area contributed by atoms with Gasteiger partial charge in [0, 0.05) is 6.20 Å². The first-order chi connectivity index (χ1) is 16.7. The minimum atomic E-state index is -3.41. The van der Waals surface area contributed by atoms with Crippen molar-refractivity contribution in [1.29, 1.82) is 0 Å². The van der Waals surface area contributed by atoms with Gasteiger partial charge in [-0.1, -0.05) is 26.7 Å². The van der Waals surface area contributed by atoms with E-state index in [1.807, 2.05) is 6.20 Å². The van der Waals surface area contributed by atoms with Crippen molar-refractivity contribution in [3.8, 4) is 0 Å². The molecule has 5 N–H and O–H groups in total. The summed E-state index contributed by atoms with van der Waals surface area (Å²) in [6.45, 7) is 6.69. The monoisotopic (exact) mass is 509 g/mol. The van der Waals surface area contributed by atoms with Gasteiger partial charge in [-0.05, 0) is 37.7 Å². The zero-order valence-electron chi connectivity index (χ0n) is 20.3. The molecule has 0 bridgehead atoms. The molecule has 192 valence electrons. The van der Waals surface area contributed by atoms with Crippen LogP contribution in [0.5, 0.6) is 0 Å².